The SMILES string of the molecule is O=C(NC(=S)N1CCN(c2ccc([N+](=O)[O-])c(N3CCCCC3)c2)CC1)c1cccc2ccccc12. The zero-order valence-electron chi connectivity index (χ0n) is 20.1. The van der Waals surface area contributed by atoms with E-state index in [1.165, 1.54) is 6.42 Å². The monoisotopic (exact) mass is 503 g/mol. The summed E-state index contributed by atoms with van der Waals surface area (Å²) in [4.78, 5) is 30.7. The lowest BCUT2D eigenvalue weighted by molar-refractivity contribution is -0.384. The first-order chi connectivity index (χ1) is 17.5. The molecule has 0 aliphatic carbocycles. The van der Waals surface area contributed by atoms with Gasteiger partial charge in [0.15, 0.2) is 5.11 Å². The number of fused-ring (bicyclic) bond motifs is 1. The molecule has 2 saturated heterocycles. The summed E-state index contributed by atoms with van der Waals surface area (Å²) >= 11 is 5.57. The van der Waals surface area contributed by atoms with Crippen molar-refractivity contribution in [2.24, 2.45) is 0 Å². The Bertz CT molecular complexity index is 1290. The Balaban J connectivity index is 1.24. The molecule has 8 nitrogen and oxygen atoms in total. The van der Waals surface area contributed by atoms with Crippen molar-refractivity contribution in [2.45, 2.75) is 19.3 Å². The minimum atomic E-state index is -0.289. The van der Waals surface area contributed by atoms with Crippen LogP contribution in [0.5, 0.6) is 0 Å². The summed E-state index contributed by atoms with van der Waals surface area (Å²) in [5, 5.41) is 16.9. The molecule has 2 fully saturated rings. The van der Waals surface area contributed by atoms with Gasteiger partial charge in [0, 0.05) is 56.6 Å². The summed E-state index contributed by atoms with van der Waals surface area (Å²) in [6.07, 6.45) is 3.28. The number of nitrogens with one attached hydrogen (secondary N) is 1. The standard InChI is InChI=1S/C27H29N5O3S/c33-26(23-10-6-8-20-7-2-3-9-22(20)23)28-27(36)31-17-15-29(16-18-31)21-11-12-24(32(34)35)25(19-21)30-13-4-1-5-14-30/h2-3,6-12,19H,1,4-5,13-18H2,(H,28,33,36). The van der Waals surface area contributed by atoms with E-state index >= 15 is 0 Å². The highest BCUT2D eigenvalue weighted by atomic mass is 32.1. The highest BCUT2D eigenvalue weighted by Gasteiger charge is 2.25. The van der Waals surface area contributed by atoms with E-state index in [9.17, 15) is 14.9 Å². The van der Waals surface area contributed by atoms with Gasteiger partial charge in [-0.2, -0.15) is 0 Å². The average molecular weight is 504 g/mol. The normalized spacial score (nSPS) is 16.2. The van der Waals surface area contributed by atoms with Crippen molar-refractivity contribution in [3.8, 4) is 0 Å². The highest BCUT2D eigenvalue weighted by Crippen LogP contribution is 2.34. The fourth-order valence-electron chi connectivity index (χ4n) is 5.09. The predicted molar refractivity (Wildman–Crippen MR) is 147 cm³/mol. The van der Waals surface area contributed by atoms with Gasteiger partial charge in [-0.15, -0.1) is 0 Å². The number of nitro benzene ring substituents is 1. The van der Waals surface area contributed by atoms with Crippen molar-refractivity contribution < 1.29 is 9.72 Å². The average Bonchev–Trinajstić information content (AvgIpc) is 2.93. The topological polar surface area (TPSA) is 82.0 Å². The molecular weight excluding hydrogens is 474 g/mol. The third-order valence-electron chi connectivity index (χ3n) is 7.04. The summed E-state index contributed by atoms with van der Waals surface area (Å²) in [5.41, 5.74) is 2.45. The highest BCUT2D eigenvalue weighted by molar-refractivity contribution is 7.80. The van der Waals surface area contributed by atoms with E-state index in [0.29, 0.717) is 42.5 Å². The lowest BCUT2D eigenvalue weighted by atomic mass is 10.0. The largest absolute Gasteiger partial charge is 0.368 e. The Labute approximate surface area is 215 Å². The minimum absolute atomic E-state index is 0.164. The second-order valence-electron chi connectivity index (χ2n) is 9.24. The van der Waals surface area contributed by atoms with Gasteiger partial charge in [-0.25, -0.2) is 0 Å². The third kappa shape index (κ3) is 4.97. The van der Waals surface area contributed by atoms with Gasteiger partial charge < -0.3 is 14.7 Å². The first kappa shape index (κ1) is 24.0. The van der Waals surface area contributed by atoms with Crippen molar-refractivity contribution >= 4 is 51.1 Å². The van der Waals surface area contributed by atoms with Crippen LogP contribution in [-0.2, 0) is 0 Å². The number of hydrogen-bond donors (Lipinski definition) is 1. The van der Waals surface area contributed by atoms with Crippen LogP contribution in [0.1, 0.15) is 29.6 Å². The number of anilines is 2. The molecule has 1 N–H and O–H groups in total. The molecule has 5 rings (SSSR count). The maximum absolute atomic E-state index is 13.0. The molecule has 2 heterocycles. The van der Waals surface area contributed by atoms with E-state index in [1.807, 2.05) is 59.5 Å². The van der Waals surface area contributed by atoms with Crippen molar-refractivity contribution in [3.63, 3.8) is 0 Å². The van der Waals surface area contributed by atoms with Gasteiger partial charge in [0.05, 0.1) is 4.92 Å². The molecule has 0 radical (unpaired) electrons. The molecule has 0 unspecified atom stereocenters. The van der Waals surface area contributed by atoms with Gasteiger partial charge >= 0.3 is 0 Å². The first-order valence-corrected chi connectivity index (χ1v) is 12.8. The number of amides is 1. The van der Waals surface area contributed by atoms with Gasteiger partial charge in [-0.05, 0) is 60.5 Å². The van der Waals surface area contributed by atoms with E-state index in [4.69, 9.17) is 12.2 Å². The minimum Gasteiger partial charge on any atom is -0.368 e. The number of carbonyl (C=O) groups is 1. The van der Waals surface area contributed by atoms with Crippen LogP contribution in [0.2, 0.25) is 0 Å². The smallest absolute Gasteiger partial charge is 0.292 e. The molecule has 1 amide bonds. The van der Waals surface area contributed by atoms with Gasteiger partial charge in [0.25, 0.3) is 11.6 Å². The van der Waals surface area contributed by atoms with Gasteiger partial charge in [0.1, 0.15) is 5.69 Å². The number of carbonyl (C=O) groups excluding carboxylic acids is 1. The number of nitro groups is 1. The number of hydrogen-bond acceptors (Lipinski definition) is 6. The summed E-state index contributed by atoms with van der Waals surface area (Å²) in [6.45, 7) is 4.43. The summed E-state index contributed by atoms with van der Waals surface area (Å²) < 4.78 is 0. The molecule has 0 spiro atoms. The Morgan fingerprint density at radius 3 is 2.33 bits per heavy atom. The number of thiocarbonyl (C=S) groups is 1. The number of piperidine rings is 1. The third-order valence-corrected chi connectivity index (χ3v) is 7.40. The number of nitrogens with zero attached hydrogens (tertiary/aromatic N) is 4. The number of benzene rings is 3. The van der Waals surface area contributed by atoms with Gasteiger partial charge in [-0.3, -0.25) is 20.2 Å². The molecule has 3 aromatic carbocycles. The molecule has 186 valence electrons. The lowest BCUT2D eigenvalue weighted by Gasteiger charge is -2.37. The quantitative estimate of drug-likeness (QED) is 0.317. The molecule has 2 aliphatic rings. The van der Waals surface area contributed by atoms with Crippen molar-refractivity contribution in [1.29, 1.82) is 0 Å². The van der Waals surface area contributed by atoms with Crippen LogP contribution in [-0.4, -0.2) is 60.1 Å². The molecule has 0 atom stereocenters. The molecule has 36 heavy (non-hydrogen) atoms. The van der Waals surface area contributed by atoms with Crippen LogP contribution in [0.25, 0.3) is 10.8 Å². The van der Waals surface area contributed by atoms with Crippen LogP contribution in [0.15, 0.2) is 60.7 Å². The molecular formula is C27H29N5O3S. The molecule has 0 saturated carbocycles. The molecule has 2 aliphatic heterocycles. The second-order valence-corrected chi connectivity index (χ2v) is 9.62. The zero-order valence-corrected chi connectivity index (χ0v) is 20.9. The van der Waals surface area contributed by atoms with E-state index in [2.05, 4.69) is 15.1 Å². The number of rotatable bonds is 4. The maximum atomic E-state index is 13.0. The fourth-order valence-corrected chi connectivity index (χ4v) is 5.36. The van der Waals surface area contributed by atoms with Gasteiger partial charge in [-0.1, -0.05) is 36.4 Å². The fraction of sp³-hybridized carbons (Fsp3) is 0.333. The van der Waals surface area contributed by atoms with Crippen LogP contribution in [0.3, 0.4) is 0 Å². The maximum Gasteiger partial charge on any atom is 0.292 e. The van der Waals surface area contributed by atoms with Crippen LogP contribution < -0.4 is 15.1 Å². The second kappa shape index (κ2) is 10.5. The van der Waals surface area contributed by atoms with Crippen LogP contribution >= 0.6 is 12.2 Å². The first-order valence-electron chi connectivity index (χ1n) is 12.4. The van der Waals surface area contributed by atoms with Crippen molar-refractivity contribution in [3.05, 3.63) is 76.3 Å². The summed E-state index contributed by atoms with van der Waals surface area (Å²) in [6, 6.07) is 18.9. The lowest BCUT2D eigenvalue weighted by Crippen LogP contribution is -2.52. The van der Waals surface area contributed by atoms with E-state index in [1.54, 1.807) is 6.07 Å². The number of piperazine rings is 1. The van der Waals surface area contributed by atoms with E-state index < -0.39 is 0 Å². The zero-order chi connectivity index (χ0) is 25.1. The molecule has 9 heteroatoms. The predicted octanol–water partition coefficient (Wildman–Crippen LogP) is 4.58. The molecule has 0 aromatic heterocycles. The summed E-state index contributed by atoms with van der Waals surface area (Å²) in [5.74, 6) is -0.208. The summed E-state index contributed by atoms with van der Waals surface area (Å²) in [7, 11) is 0. The Hall–Kier alpha value is -3.72. The molecule has 0 bridgehead atoms. The van der Waals surface area contributed by atoms with Gasteiger partial charge in [0.2, 0.25) is 0 Å². The van der Waals surface area contributed by atoms with Crippen LogP contribution in [0, 0.1) is 10.1 Å². The van der Waals surface area contributed by atoms with E-state index in [0.717, 1.165) is 42.4 Å². The Morgan fingerprint density at radius 2 is 1.58 bits per heavy atom. The van der Waals surface area contributed by atoms with Crippen molar-refractivity contribution in [2.75, 3.05) is 49.1 Å². The molecule has 3 aromatic rings. The Kier molecular flexibility index (Phi) is 6.99. The van der Waals surface area contributed by atoms with E-state index in [-0.39, 0.29) is 16.5 Å². The van der Waals surface area contributed by atoms with Crippen molar-refractivity contribution in [1.82, 2.24) is 10.2 Å². The van der Waals surface area contributed by atoms with Crippen LogP contribution in [0.4, 0.5) is 17.1 Å². The Morgan fingerprint density at radius 1 is 0.861 bits per heavy atom.